The Morgan fingerprint density at radius 3 is 2.66 bits per heavy atom. The first-order valence-corrected chi connectivity index (χ1v) is 9.17. The lowest BCUT2D eigenvalue weighted by Crippen LogP contribution is -2.37. The maximum atomic E-state index is 12.4. The highest BCUT2D eigenvalue weighted by Crippen LogP contribution is 2.31. The van der Waals surface area contributed by atoms with Crippen molar-refractivity contribution in [1.82, 2.24) is 10.2 Å². The minimum Gasteiger partial charge on any atom is -0.454 e. The lowest BCUT2D eigenvalue weighted by Gasteiger charge is -2.25. The number of fused-ring (bicyclic) bond motifs is 1. The van der Waals surface area contributed by atoms with E-state index in [4.69, 9.17) is 9.47 Å². The third-order valence-corrected chi connectivity index (χ3v) is 4.87. The molecule has 8 nitrogen and oxygen atoms in total. The van der Waals surface area contributed by atoms with E-state index in [1.165, 1.54) is 12.1 Å². The minimum atomic E-state index is -0.698. The summed E-state index contributed by atoms with van der Waals surface area (Å²) in [6, 6.07) is 13.4. The Hall–Kier alpha value is -3.68. The number of nitrogens with one attached hydrogen (secondary N) is 1. The number of hydrogen-bond acceptors (Lipinski definition) is 6. The largest absolute Gasteiger partial charge is 0.454 e. The third kappa shape index (κ3) is 3.82. The zero-order valence-corrected chi connectivity index (χ0v) is 15.4. The van der Waals surface area contributed by atoms with Crippen molar-refractivity contribution in [2.75, 3.05) is 19.7 Å². The topological polar surface area (TPSA) is 102 Å². The zero-order valence-electron chi connectivity index (χ0n) is 15.4. The van der Waals surface area contributed by atoms with Crippen LogP contribution in [-0.2, 0) is 20.7 Å². The van der Waals surface area contributed by atoms with Gasteiger partial charge in [0, 0.05) is 19.5 Å². The molecule has 2 aromatic rings. The predicted octanol–water partition coefficient (Wildman–Crippen LogP) is 1.85. The van der Waals surface area contributed by atoms with E-state index in [-0.39, 0.29) is 12.1 Å². The molecule has 0 radical (unpaired) electrons. The molecule has 0 saturated carbocycles. The Kier molecular flexibility index (Phi) is 4.99. The molecule has 2 aliphatic rings. The van der Waals surface area contributed by atoms with Crippen LogP contribution < -0.4 is 5.32 Å². The molecule has 1 unspecified atom stereocenters. The van der Waals surface area contributed by atoms with Gasteiger partial charge < -0.3 is 14.8 Å². The van der Waals surface area contributed by atoms with Gasteiger partial charge in [0.2, 0.25) is 0 Å². The van der Waals surface area contributed by atoms with E-state index < -0.39 is 36.6 Å². The molecule has 8 heteroatoms. The number of ether oxygens (including phenoxy) is 2. The van der Waals surface area contributed by atoms with E-state index in [2.05, 4.69) is 5.32 Å². The zero-order chi connectivity index (χ0) is 20.4. The van der Waals surface area contributed by atoms with E-state index in [0.717, 1.165) is 10.5 Å². The normalized spacial score (nSPS) is 17.9. The van der Waals surface area contributed by atoms with Gasteiger partial charge >= 0.3 is 18.0 Å². The summed E-state index contributed by atoms with van der Waals surface area (Å²) in [6.45, 7) is 0.0943. The smallest absolute Gasteiger partial charge is 0.339 e. The molecule has 0 bridgehead atoms. The van der Waals surface area contributed by atoms with Gasteiger partial charge in [-0.15, -0.1) is 0 Å². The van der Waals surface area contributed by atoms with Gasteiger partial charge in [-0.05, 0) is 29.3 Å². The second-order valence-electron chi connectivity index (χ2n) is 6.73. The third-order valence-electron chi connectivity index (χ3n) is 4.87. The number of carbonyl (C=O) groups excluding carboxylic acids is 4. The number of hydrogen-bond donors (Lipinski definition) is 1. The van der Waals surface area contributed by atoms with Crippen LogP contribution in [0.3, 0.4) is 0 Å². The van der Waals surface area contributed by atoms with Crippen molar-refractivity contribution in [2.45, 2.75) is 12.5 Å². The van der Waals surface area contributed by atoms with Gasteiger partial charge in [0.05, 0.1) is 11.1 Å². The van der Waals surface area contributed by atoms with E-state index >= 15 is 0 Å². The van der Waals surface area contributed by atoms with Crippen LogP contribution in [0, 0.1) is 0 Å². The maximum Gasteiger partial charge on any atom is 0.339 e. The first-order chi connectivity index (χ1) is 14.0. The molecule has 0 aromatic heterocycles. The number of urea groups is 1. The van der Waals surface area contributed by atoms with Gasteiger partial charge in [-0.25, -0.2) is 14.4 Å². The maximum absolute atomic E-state index is 12.4. The van der Waals surface area contributed by atoms with E-state index in [1.807, 2.05) is 30.3 Å². The summed E-state index contributed by atoms with van der Waals surface area (Å²) in [7, 11) is 0. The van der Waals surface area contributed by atoms with Crippen molar-refractivity contribution < 1.29 is 28.7 Å². The summed E-state index contributed by atoms with van der Waals surface area (Å²) in [5, 5.41) is 2.51. The van der Waals surface area contributed by atoms with Crippen LogP contribution in [0.1, 0.15) is 37.9 Å². The number of amides is 3. The molecule has 2 heterocycles. The van der Waals surface area contributed by atoms with Crippen molar-refractivity contribution in [3.05, 3.63) is 70.8 Å². The highest BCUT2D eigenvalue weighted by Gasteiger charge is 2.29. The molecule has 1 N–H and O–H groups in total. The lowest BCUT2D eigenvalue weighted by molar-refractivity contribution is -0.130. The Morgan fingerprint density at radius 1 is 1.14 bits per heavy atom. The second-order valence-corrected chi connectivity index (χ2v) is 6.73. The van der Waals surface area contributed by atoms with Crippen molar-refractivity contribution >= 4 is 23.9 Å². The standard InChI is InChI=1S/C21H18N2O6/c24-18(23-9-8-22-21(23)27)12-28-19(25)14-6-7-16-15(10-14)11-17(29-20(16)26)13-4-2-1-3-5-13/h1-7,10,17H,8-9,11-12H2,(H,22,27). The summed E-state index contributed by atoms with van der Waals surface area (Å²) in [5.74, 6) is -1.73. The number of imide groups is 1. The minimum absolute atomic E-state index is 0.226. The van der Waals surface area contributed by atoms with Crippen LogP contribution in [0.15, 0.2) is 48.5 Å². The number of benzene rings is 2. The fraction of sp³-hybridized carbons (Fsp3) is 0.238. The van der Waals surface area contributed by atoms with Crippen LogP contribution in [0.25, 0.3) is 0 Å². The second kappa shape index (κ2) is 7.75. The summed E-state index contributed by atoms with van der Waals surface area (Å²) in [5.41, 5.74) is 2.17. The van der Waals surface area contributed by atoms with E-state index in [9.17, 15) is 19.2 Å². The Labute approximate surface area is 166 Å². The first kappa shape index (κ1) is 18.7. The molecule has 1 atom stereocenters. The monoisotopic (exact) mass is 394 g/mol. The predicted molar refractivity (Wildman–Crippen MR) is 100 cm³/mol. The number of nitrogens with zero attached hydrogens (tertiary/aromatic N) is 1. The number of cyclic esters (lactones) is 1. The van der Waals surface area contributed by atoms with Gasteiger partial charge in [0.25, 0.3) is 5.91 Å². The van der Waals surface area contributed by atoms with Gasteiger partial charge in [0.1, 0.15) is 6.10 Å². The Bertz CT molecular complexity index is 988. The summed E-state index contributed by atoms with van der Waals surface area (Å²) >= 11 is 0. The van der Waals surface area contributed by atoms with Crippen LogP contribution in [0.5, 0.6) is 0 Å². The average molecular weight is 394 g/mol. The average Bonchev–Trinajstić information content (AvgIpc) is 3.18. The quantitative estimate of drug-likeness (QED) is 0.794. The number of rotatable bonds is 4. The fourth-order valence-electron chi connectivity index (χ4n) is 3.37. The highest BCUT2D eigenvalue weighted by molar-refractivity contribution is 5.99. The van der Waals surface area contributed by atoms with Crippen molar-refractivity contribution in [3.63, 3.8) is 0 Å². The Balaban J connectivity index is 1.46. The molecule has 0 spiro atoms. The molecule has 1 fully saturated rings. The van der Waals surface area contributed by atoms with E-state index in [1.54, 1.807) is 6.07 Å². The first-order valence-electron chi connectivity index (χ1n) is 9.17. The van der Waals surface area contributed by atoms with Crippen LogP contribution in [0.2, 0.25) is 0 Å². The van der Waals surface area contributed by atoms with Gasteiger partial charge in [-0.1, -0.05) is 30.3 Å². The van der Waals surface area contributed by atoms with Crippen molar-refractivity contribution in [2.24, 2.45) is 0 Å². The van der Waals surface area contributed by atoms with Crippen LogP contribution >= 0.6 is 0 Å². The molecule has 2 aromatic carbocycles. The van der Waals surface area contributed by atoms with Crippen LogP contribution in [-0.4, -0.2) is 48.5 Å². The van der Waals surface area contributed by atoms with Crippen molar-refractivity contribution in [3.8, 4) is 0 Å². The SMILES string of the molecule is O=C(OCC(=O)N1CCNC1=O)c1ccc2c(c1)CC(c1ccccc1)OC2=O. The van der Waals surface area contributed by atoms with Gasteiger partial charge in [-0.2, -0.15) is 0 Å². The molecule has 3 amide bonds. The lowest BCUT2D eigenvalue weighted by atomic mass is 9.93. The molecule has 1 saturated heterocycles. The molecule has 0 aliphatic carbocycles. The highest BCUT2D eigenvalue weighted by atomic mass is 16.5. The molecule has 4 rings (SSSR count). The van der Waals surface area contributed by atoms with Crippen LogP contribution in [0.4, 0.5) is 4.79 Å². The van der Waals surface area contributed by atoms with Crippen molar-refractivity contribution in [1.29, 1.82) is 0 Å². The molecule has 148 valence electrons. The molecular formula is C21H18N2O6. The van der Waals surface area contributed by atoms with E-state index in [0.29, 0.717) is 24.1 Å². The summed E-state index contributed by atoms with van der Waals surface area (Å²) in [4.78, 5) is 49.1. The van der Waals surface area contributed by atoms with Gasteiger partial charge in [-0.3, -0.25) is 9.69 Å². The number of esters is 2. The molecular weight excluding hydrogens is 376 g/mol. The summed E-state index contributed by atoms with van der Waals surface area (Å²) < 4.78 is 10.6. The van der Waals surface area contributed by atoms with Gasteiger partial charge in [0.15, 0.2) is 6.61 Å². The number of carbonyl (C=O) groups is 4. The Morgan fingerprint density at radius 2 is 1.93 bits per heavy atom. The molecule has 29 heavy (non-hydrogen) atoms. The fourth-order valence-corrected chi connectivity index (χ4v) is 3.37. The summed E-state index contributed by atoms with van der Waals surface area (Å²) in [6.07, 6.45) is -0.00301. The molecule has 2 aliphatic heterocycles.